The summed E-state index contributed by atoms with van der Waals surface area (Å²) in [5.74, 6) is 2.68. The van der Waals surface area contributed by atoms with E-state index < -0.39 is 0 Å². The molecule has 0 saturated heterocycles. The molecule has 0 spiro atoms. The third-order valence-electron chi connectivity index (χ3n) is 3.78. The molecule has 0 aliphatic heterocycles. The van der Waals surface area contributed by atoms with Gasteiger partial charge >= 0.3 is 0 Å². The quantitative estimate of drug-likeness (QED) is 0.592. The van der Waals surface area contributed by atoms with Crippen LogP contribution >= 0.6 is 11.6 Å². The molecule has 0 atom stereocenters. The van der Waals surface area contributed by atoms with Crippen molar-refractivity contribution in [3.63, 3.8) is 0 Å². The van der Waals surface area contributed by atoms with Crippen molar-refractivity contribution in [2.24, 2.45) is 5.92 Å². The molecule has 0 amide bonds. The zero-order valence-electron chi connectivity index (χ0n) is 11.8. The van der Waals surface area contributed by atoms with Gasteiger partial charge in [0, 0.05) is 19.0 Å². The number of halogens is 1. The van der Waals surface area contributed by atoms with Crippen molar-refractivity contribution in [2.75, 3.05) is 11.9 Å². The van der Waals surface area contributed by atoms with Crippen LogP contribution in [0.3, 0.4) is 0 Å². The van der Waals surface area contributed by atoms with Crippen LogP contribution in [0.5, 0.6) is 0 Å². The van der Waals surface area contributed by atoms with Gasteiger partial charge in [-0.2, -0.15) is 0 Å². The lowest BCUT2D eigenvalue weighted by Crippen LogP contribution is -2.07. The number of aryl methyl sites for hydroxylation is 1. The zero-order valence-corrected chi connectivity index (χ0v) is 12.5. The highest BCUT2D eigenvalue weighted by Gasteiger charge is 2.13. The summed E-state index contributed by atoms with van der Waals surface area (Å²) < 4.78 is 0. The van der Waals surface area contributed by atoms with Crippen molar-refractivity contribution in [1.82, 2.24) is 9.97 Å². The van der Waals surface area contributed by atoms with E-state index in [0.29, 0.717) is 5.15 Å². The summed E-state index contributed by atoms with van der Waals surface area (Å²) in [6.07, 6.45) is 10.2. The third kappa shape index (κ3) is 4.98. The average Bonchev–Trinajstić information content (AvgIpc) is 2.87. The summed E-state index contributed by atoms with van der Waals surface area (Å²) in [5, 5.41) is 3.91. The maximum Gasteiger partial charge on any atom is 0.134 e. The van der Waals surface area contributed by atoms with Crippen LogP contribution in [-0.2, 0) is 6.42 Å². The molecule has 1 heterocycles. The minimum atomic E-state index is 0.539. The first kappa shape index (κ1) is 14.6. The van der Waals surface area contributed by atoms with Crippen LogP contribution in [0.2, 0.25) is 5.15 Å². The Morgan fingerprint density at radius 2 is 2.11 bits per heavy atom. The van der Waals surface area contributed by atoms with Crippen LogP contribution in [0.1, 0.15) is 57.7 Å². The van der Waals surface area contributed by atoms with Gasteiger partial charge in [0.25, 0.3) is 0 Å². The Balaban J connectivity index is 1.75. The van der Waals surface area contributed by atoms with E-state index >= 15 is 0 Å². The Bertz CT molecular complexity index is 389. The summed E-state index contributed by atoms with van der Waals surface area (Å²) in [6.45, 7) is 3.11. The summed E-state index contributed by atoms with van der Waals surface area (Å²) in [5.41, 5.74) is 0. The predicted octanol–water partition coefficient (Wildman–Crippen LogP) is 4.46. The van der Waals surface area contributed by atoms with E-state index in [9.17, 15) is 0 Å². The van der Waals surface area contributed by atoms with Crippen LogP contribution in [0.15, 0.2) is 6.07 Å². The number of anilines is 1. The zero-order chi connectivity index (χ0) is 13.5. The van der Waals surface area contributed by atoms with Crippen molar-refractivity contribution in [3.8, 4) is 0 Å². The highest BCUT2D eigenvalue weighted by atomic mass is 35.5. The van der Waals surface area contributed by atoms with E-state index in [-0.39, 0.29) is 0 Å². The van der Waals surface area contributed by atoms with Crippen molar-refractivity contribution < 1.29 is 0 Å². The summed E-state index contributed by atoms with van der Waals surface area (Å²) in [4.78, 5) is 8.72. The molecule has 1 saturated carbocycles. The normalized spacial score (nSPS) is 15.9. The fraction of sp³-hybridized carbons (Fsp3) is 0.733. The Kier molecular flexibility index (Phi) is 5.90. The van der Waals surface area contributed by atoms with Gasteiger partial charge in [-0.15, -0.1) is 0 Å². The Labute approximate surface area is 121 Å². The second-order valence-electron chi connectivity index (χ2n) is 5.46. The van der Waals surface area contributed by atoms with Gasteiger partial charge in [-0.05, 0) is 25.2 Å². The molecule has 1 aromatic rings. The molecule has 0 aromatic carbocycles. The van der Waals surface area contributed by atoms with Crippen LogP contribution in [-0.4, -0.2) is 16.5 Å². The molecule has 4 heteroatoms. The number of aromatic nitrogens is 2. The number of nitrogens with one attached hydrogen (secondary N) is 1. The molecule has 0 unspecified atom stereocenters. The average molecular weight is 282 g/mol. The number of hydrogen-bond donors (Lipinski definition) is 1. The van der Waals surface area contributed by atoms with E-state index in [4.69, 9.17) is 11.6 Å². The minimum absolute atomic E-state index is 0.539. The summed E-state index contributed by atoms with van der Waals surface area (Å²) in [7, 11) is 0. The predicted molar refractivity (Wildman–Crippen MR) is 80.7 cm³/mol. The molecule has 0 radical (unpaired) electrons. The van der Waals surface area contributed by atoms with Gasteiger partial charge in [-0.25, -0.2) is 9.97 Å². The van der Waals surface area contributed by atoms with Gasteiger partial charge in [0.2, 0.25) is 0 Å². The topological polar surface area (TPSA) is 37.8 Å². The van der Waals surface area contributed by atoms with E-state index in [1.165, 1.54) is 38.5 Å². The maximum absolute atomic E-state index is 6.01. The largest absolute Gasteiger partial charge is 0.370 e. The van der Waals surface area contributed by atoms with Crippen LogP contribution < -0.4 is 5.32 Å². The first-order valence-electron chi connectivity index (χ1n) is 7.55. The lowest BCUT2D eigenvalue weighted by molar-refractivity contribution is 0.491. The highest BCUT2D eigenvalue weighted by Crippen LogP contribution is 2.28. The minimum Gasteiger partial charge on any atom is -0.370 e. The smallest absolute Gasteiger partial charge is 0.134 e. The number of rotatable bonds is 7. The van der Waals surface area contributed by atoms with Gasteiger partial charge in [0.1, 0.15) is 16.8 Å². The lowest BCUT2D eigenvalue weighted by atomic mass is 10.0. The molecule has 1 fully saturated rings. The molecule has 1 aromatic heterocycles. The first-order valence-corrected chi connectivity index (χ1v) is 7.93. The molecule has 1 N–H and O–H groups in total. The summed E-state index contributed by atoms with van der Waals surface area (Å²) >= 11 is 6.01. The molecule has 19 heavy (non-hydrogen) atoms. The molecule has 1 aliphatic carbocycles. The van der Waals surface area contributed by atoms with Crippen molar-refractivity contribution >= 4 is 17.4 Å². The van der Waals surface area contributed by atoms with Crippen LogP contribution in [0, 0.1) is 5.92 Å². The van der Waals surface area contributed by atoms with Gasteiger partial charge in [-0.3, -0.25) is 0 Å². The van der Waals surface area contributed by atoms with Crippen LogP contribution in [0.4, 0.5) is 5.82 Å². The fourth-order valence-corrected chi connectivity index (χ4v) is 3.00. The van der Waals surface area contributed by atoms with Gasteiger partial charge in [0.05, 0.1) is 0 Å². The standard InChI is InChI=1S/C15H24ClN3/c1-2-6-14-18-13(16)11-15(19-14)17-10-5-9-12-7-3-4-8-12/h11-12H,2-10H2,1H3,(H,17,18,19). The van der Waals surface area contributed by atoms with E-state index in [2.05, 4.69) is 22.2 Å². The molecule has 2 rings (SSSR count). The molecular formula is C15H24ClN3. The Hall–Kier alpha value is -0.830. The maximum atomic E-state index is 6.01. The Morgan fingerprint density at radius 1 is 1.32 bits per heavy atom. The van der Waals surface area contributed by atoms with Crippen LogP contribution in [0.25, 0.3) is 0 Å². The number of nitrogens with zero attached hydrogens (tertiary/aromatic N) is 2. The lowest BCUT2D eigenvalue weighted by Gasteiger charge is -2.10. The van der Waals surface area contributed by atoms with Gasteiger partial charge in [-0.1, -0.05) is 44.2 Å². The third-order valence-corrected chi connectivity index (χ3v) is 3.98. The molecule has 0 bridgehead atoms. The SMILES string of the molecule is CCCc1nc(Cl)cc(NCCCC2CCCC2)n1. The van der Waals surface area contributed by atoms with Gasteiger partial charge in [0.15, 0.2) is 0 Å². The van der Waals surface area contributed by atoms with Crippen molar-refractivity contribution in [1.29, 1.82) is 0 Å². The second-order valence-corrected chi connectivity index (χ2v) is 5.85. The van der Waals surface area contributed by atoms with E-state index in [1.54, 1.807) is 0 Å². The Morgan fingerprint density at radius 3 is 2.84 bits per heavy atom. The van der Waals surface area contributed by atoms with E-state index in [1.807, 2.05) is 6.07 Å². The van der Waals surface area contributed by atoms with Crippen molar-refractivity contribution in [3.05, 3.63) is 17.0 Å². The monoisotopic (exact) mass is 281 g/mol. The molecule has 3 nitrogen and oxygen atoms in total. The second kappa shape index (κ2) is 7.68. The summed E-state index contributed by atoms with van der Waals surface area (Å²) in [6, 6.07) is 1.82. The molecular weight excluding hydrogens is 258 g/mol. The number of hydrogen-bond acceptors (Lipinski definition) is 3. The first-order chi connectivity index (χ1) is 9.28. The van der Waals surface area contributed by atoms with E-state index in [0.717, 1.165) is 36.9 Å². The fourth-order valence-electron chi connectivity index (χ4n) is 2.80. The molecule has 106 valence electrons. The molecule has 1 aliphatic rings. The van der Waals surface area contributed by atoms with Gasteiger partial charge < -0.3 is 5.32 Å². The highest BCUT2D eigenvalue weighted by molar-refractivity contribution is 6.29. The van der Waals surface area contributed by atoms with Crippen molar-refractivity contribution in [2.45, 2.75) is 58.3 Å².